The Balaban J connectivity index is 1.75. The van der Waals surface area contributed by atoms with Gasteiger partial charge in [-0.15, -0.1) is 0 Å². The Morgan fingerprint density at radius 2 is 2.16 bits per heavy atom. The summed E-state index contributed by atoms with van der Waals surface area (Å²) in [7, 11) is 0. The van der Waals surface area contributed by atoms with Crippen molar-refractivity contribution in [3.8, 4) is 0 Å². The predicted octanol–water partition coefficient (Wildman–Crippen LogP) is 2.68. The molecule has 0 radical (unpaired) electrons. The van der Waals surface area contributed by atoms with Crippen LogP contribution in [0.2, 0.25) is 0 Å². The molecule has 1 fully saturated rings. The van der Waals surface area contributed by atoms with Gasteiger partial charge in [0.2, 0.25) is 5.91 Å². The Morgan fingerprint density at radius 3 is 2.84 bits per heavy atom. The van der Waals surface area contributed by atoms with E-state index in [1.54, 1.807) is 6.08 Å². The molecule has 0 aromatic heterocycles. The van der Waals surface area contributed by atoms with Crippen LogP contribution in [0.1, 0.15) is 24.8 Å². The van der Waals surface area contributed by atoms with Gasteiger partial charge < -0.3 is 11.1 Å². The smallest absolute Gasteiger partial charge is 0.244 e. The molecule has 3 nitrogen and oxygen atoms in total. The highest BCUT2D eigenvalue weighted by atomic mass is 32.2. The van der Waals surface area contributed by atoms with Gasteiger partial charge in [0.15, 0.2) is 0 Å². The lowest BCUT2D eigenvalue weighted by Crippen LogP contribution is -2.30. The summed E-state index contributed by atoms with van der Waals surface area (Å²) >= 11 is 1.97. The van der Waals surface area contributed by atoms with Gasteiger partial charge in [-0.2, -0.15) is 11.8 Å². The van der Waals surface area contributed by atoms with Crippen LogP contribution < -0.4 is 11.1 Å². The Labute approximate surface area is 118 Å². The van der Waals surface area contributed by atoms with E-state index in [1.165, 1.54) is 25.0 Å². The summed E-state index contributed by atoms with van der Waals surface area (Å²) in [5.41, 5.74) is 7.32. The van der Waals surface area contributed by atoms with Gasteiger partial charge in [-0.25, -0.2) is 0 Å². The van der Waals surface area contributed by atoms with E-state index in [0.717, 1.165) is 17.8 Å². The van der Waals surface area contributed by atoms with Gasteiger partial charge in [0.1, 0.15) is 0 Å². The molecule has 1 aromatic rings. The number of anilines is 1. The molecule has 1 aliphatic heterocycles. The lowest BCUT2D eigenvalue weighted by atomic mass is 10.2. The van der Waals surface area contributed by atoms with E-state index in [2.05, 4.69) is 5.32 Å². The number of carbonyl (C=O) groups is 1. The summed E-state index contributed by atoms with van der Waals surface area (Å²) in [6.45, 7) is 0.773. The highest BCUT2D eigenvalue weighted by Gasteiger charge is 2.13. The van der Waals surface area contributed by atoms with Crippen LogP contribution in [0.15, 0.2) is 30.3 Å². The minimum absolute atomic E-state index is 0.0250. The minimum atomic E-state index is -0.0250. The van der Waals surface area contributed by atoms with Gasteiger partial charge in [0.25, 0.3) is 0 Å². The van der Waals surface area contributed by atoms with Crippen molar-refractivity contribution in [3.05, 3.63) is 35.9 Å². The summed E-state index contributed by atoms with van der Waals surface area (Å²) in [6, 6.07) is 7.46. The van der Waals surface area contributed by atoms with Crippen molar-refractivity contribution in [2.24, 2.45) is 0 Å². The van der Waals surface area contributed by atoms with Crippen LogP contribution in [0, 0.1) is 0 Å². The fraction of sp³-hybridized carbons (Fsp3) is 0.400. The fourth-order valence-electron chi connectivity index (χ4n) is 2.02. The van der Waals surface area contributed by atoms with Crippen LogP contribution in [-0.2, 0) is 4.79 Å². The third-order valence-corrected chi connectivity index (χ3v) is 4.54. The standard InChI is InChI=1S/C15H20N2OS/c16-13-7-4-12(5-8-13)6-9-15(18)17-11-14-3-1-2-10-19-14/h4-9,14H,1-3,10-11,16H2,(H,17,18)/b9-6+. The zero-order valence-electron chi connectivity index (χ0n) is 11.0. The number of carbonyl (C=O) groups excluding carboxylic acids is 1. The first-order valence-electron chi connectivity index (χ1n) is 6.67. The largest absolute Gasteiger partial charge is 0.399 e. The van der Waals surface area contributed by atoms with E-state index in [1.807, 2.05) is 42.1 Å². The number of hydrogen-bond acceptors (Lipinski definition) is 3. The molecular formula is C15H20N2OS. The molecule has 1 atom stereocenters. The second-order valence-corrected chi connectivity index (χ2v) is 6.14. The monoisotopic (exact) mass is 276 g/mol. The van der Waals surface area contributed by atoms with Crippen LogP contribution >= 0.6 is 11.8 Å². The number of amides is 1. The number of hydrogen-bond donors (Lipinski definition) is 2. The average molecular weight is 276 g/mol. The predicted molar refractivity (Wildman–Crippen MR) is 83.0 cm³/mol. The first-order valence-corrected chi connectivity index (χ1v) is 7.72. The van der Waals surface area contributed by atoms with Gasteiger partial charge in [-0.05, 0) is 42.4 Å². The molecule has 102 valence electrons. The van der Waals surface area contributed by atoms with Crippen molar-refractivity contribution in [1.82, 2.24) is 5.32 Å². The molecule has 3 N–H and O–H groups in total. The van der Waals surface area contributed by atoms with E-state index < -0.39 is 0 Å². The number of nitrogens with one attached hydrogen (secondary N) is 1. The van der Waals surface area contributed by atoms with Gasteiger partial charge >= 0.3 is 0 Å². The maximum atomic E-state index is 11.7. The summed E-state index contributed by atoms with van der Waals surface area (Å²) in [4.78, 5) is 11.7. The Morgan fingerprint density at radius 1 is 1.37 bits per heavy atom. The van der Waals surface area contributed by atoms with Gasteiger partial charge in [0, 0.05) is 23.6 Å². The molecule has 4 heteroatoms. The molecule has 1 amide bonds. The minimum Gasteiger partial charge on any atom is -0.399 e. The Bertz CT molecular complexity index is 436. The molecule has 2 rings (SSSR count). The molecule has 1 aliphatic rings. The molecule has 19 heavy (non-hydrogen) atoms. The highest BCUT2D eigenvalue weighted by molar-refractivity contribution is 7.99. The molecule has 0 aliphatic carbocycles. The van der Waals surface area contributed by atoms with Crippen molar-refractivity contribution in [1.29, 1.82) is 0 Å². The number of nitrogens with two attached hydrogens (primary N) is 1. The number of benzene rings is 1. The van der Waals surface area contributed by atoms with Crippen molar-refractivity contribution in [3.63, 3.8) is 0 Å². The molecular weight excluding hydrogens is 256 g/mol. The third kappa shape index (κ3) is 4.99. The van der Waals surface area contributed by atoms with Crippen LogP contribution in [0.25, 0.3) is 6.08 Å². The van der Waals surface area contributed by atoms with E-state index in [-0.39, 0.29) is 5.91 Å². The summed E-state index contributed by atoms with van der Waals surface area (Å²) in [5.74, 6) is 1.20. The molecule has 0 spiro atoms. The summed E-state index contributed by atoms with van der Waals surface area (Å²) in [6.07, 6.45) is 7.20. The first-order chi connectivity index (χ1) is 9.24. The first kappa shape index (κ1) is 14.0. The van der Waals surface area contributed by atoms with Crippen molar-refractivity contribution >= 4 is 29.4 Å². The highest BCUT2D eigenvalue weighted by Crippen LogP contribution is 2.24. The quantitative estimate of drug-likeness (QED) is 0.656. The van der Waals surface area contributed by atoms with Crippen LogP contribution in [-0.4, -0.2) is 23.5 Å². The average Bonchev–Trinajstić information content (AvgIpc) is 2.45. The lowest BCUT2D eigenvalue weighted by molar-refractivity contribution is -0.116. The SMILES string of the molecule is Nc1ccc(/C=C/C(=O)NCC2CCCCS2)cc1. The Kier molecular flexibility index (Phi) is 5.33. The summed E-state index contributed by atoms with van der Waals surface area (Å²) in [5, 5.41) is 3.55. The zero-order chi connectivity index (χ0) is 13.5. The second-order valence-electron chi connectivity index (χ2n) is 4.73. The number of thioether (sulfide) groups is 1. The van der Waals surface area contributed by atoms with E-state index >= 15 is 0 Å². The van der Waals surface area contributed by atoms with Crippen molar-refractivity contribution in [2.45, 2.75) is 24.5 Å². The third-order valence-electron chi connectivity index (χ3n) is 3.14. The molecule has 1 saturated heterocycles. The van der Waals surface area contributed by atoms with Crippen molar-refractivity contribution < 1.29 is 4.79 Å². The summed E-state index contributed by atoms with van der Waals surface area (Å²) < 4.78 is 0. The number of nitrogen functional groups attached to an aromatic ring is 1. The molecule has 0 bridgehead atoms. The second kappa shape index (κ2) is 7.24. The maximum Gasteiger partial charge on any atom is 0.244 e. The van der Waals surface area contributed by atoms with Crippen LogP contribution in [0.3, 0.4) is 0 Å². The van der Waals surface area contributed by atoms with E-state index in [9.17, 15) is 4.79 Å². The fourth-order valence-corrected chi connectivity index (χ4v) is 3.26. The van der Waals surface area contributed by atoms with Crippen LogP contribution in [0.5, 0.6) is 0 Å². The van der Waals surface area contributed by atoms with Gasteiger partial charge in [-0.1, -0.05) is 18.6 Å². The molecule has 1 unspecified atom stereocenters. The molecule has 1 aromatic carbocycles. The molecule has 1 heterocycles. The maximum absolute atomic E-state index is 11.7. The molecule has 0 saturated carbocycles. The number of rotatable bonds is 4. The van der Waals surface area contributed by atoms with Gasteiger partial charge in [-0.3, -0.25) is 4.79 Å². The Hall–Kier alpha value is -1.42. The van der Waals surface area contributed by atoms with Crippen molar-refractivity contribution in [2.75, 3.05) is 18.0 Å². The van der Waals surface area contributed by atoms with E-state index in [4.69, 9.17) is 5.73 Å². The van der Waals surface area contributed by atoms with Gasteiger partial charge in [0.05, 0.1) is 0 Å². The van der Waals surface area contributed by atoms with Crippen LogP contribution in [0.4, 0.5) is 5.69 Å². The zero-order valence-corrected chi connectivity index (χ0v) is 11.8. The van der Waals surface area contributed by atoms with E-state index in [0.29, 0.717) is 5.25 Å². The lowest BCUT2D eigenvalue weighted by Gasteiger charge is -2.20. The topological polar surface area (TPSA) is 55.1 Å². The normalized spacial score (nSPS) is 19.5.